The highest BCUT2D eigenvalue weighted by atomic mass is 19.4. The van der Waals surface area contributed by atoms with Crippen LogP contribution in [0.25, 0.3) is 0 Å². The fourth-order valence-corrected chi connectivity index (χ4v) is 2.18. The van der Waals surface area contributed by atoms with Gasteiger partial charge in [0.25, 0.3) is 0 Å². The molecule has 2 rings (SSSR count). The summed E-state index contributed by atoms with van der Waals surface area (Å²) in [5.41, 5.74) is -0.712. The SMILES string of the molecule is CC(C)(C)C(=O)ON1CCN(Cc2ccc(C(F)(F)F)nc2)CC1. The maximum atomic E-state index is 12.5. The molecule has 0 radical (unpaired) electrons. The van der Waals surface area contributed by atoms with Crippen LogP contribution in [0, 0.1) is 5.41 Å². The number of hydrogen-bond acceptors (Lipinski definition) is 5. The number of hydrogen-bond donors (Lipinski definition) is 0. The summed E-state index contributed by atoms with van der Waals surface area (Å²) in [6.45, 7) is 8.37. The van der Waals surface area contributed by atoms with Crippen molar-refractivity contribution < 1.29 is 22.8 Å². The minimum absolute atomic E-state index is 0.275. The smallest absolute Gasteiger partial charge is 0.367 e. The Kier molecular flexibility index (Phi) is 5.49. The lowest BCUT2D eigenvalue weighted by atomic mass is 9.98. The highest BCUT2D eigenvalue weighted by molar-refractivity contribution is 5.75. The van der Waals surface area contributed by atoms with Crippen LogP contribution < -0.4 is 0 Å². The number of halogens is 3. The van der Waals surface area contributed by atoms with Crippen molar-refractivity contribution in [3.05, 3.63) is 29.6 Å². The minimum atomic E-state index is -4.42. The Labute approximate surface area is 139 Å². The zero-order valence-electron chi connectivity index (χ0n) is 14.1. The molecule has 8 heteroatoms. The Bertz CT molecular complexity index is 559. The minimum Gasteiger partial charge on any atom is -0.367 e. The number of rotatable bonds is 3. The summed E-state index contributed by atoms with van der Waals surface area (Å²) in [7, 11) is 0. The van der Waals surface area contributed by atoms with Crippen molar-refractivity contribution in [2.45, 2.75) is 33.5 Å². The summed E-state index contributed by atoms with van der Waals surface area (Å²) in [6, 6.07) is 2.44. The van der Waals surface area contributed by atoms with Gasteiger partial charge in [-0.25, -0.2) is 4.79 Å². The second-order valence-electron chi connectivity index (χ2n) is 6.88. The third-order valence-electron chi connectivity index (χ3n) is 3.68. The van der Waals surface area contributed by atoms with Crippen LogP contribution in [0.3, 0.4) is 0 Å². The van der Waals surface area contributed by atoms with Crippen molar-refractivity contribution in [3.63, 3.8) is 0 Å². The average molecular weight is 345 g/mol. The Morgan fingerprint density at radius 3 is 2.25 bits per heavy atom. The first-order valence-electron chi connectivity index (χ1n) is 7.77. The van der Waals surface area contributed by atoms with Crippen LogP contribution in [0.1, 0.15) is 32.0 Å². The predicted octanol–water partition coefficient (Wildman–Crippen LogP) is 2.72. The second-order valence-corrected chi connectivity index (χ2v) is 6.88. The molecule has 1 saturated heterocycles. The third kappa shape index (κ3) is 5.17. The zero-order chi connectivity index (χ0) is 18.0. The molecule has 1 aliphatic heterocycles. The molecule has 0 saturated carbocycles. The van der Waals surface area contributed by atoms with Crippen LogP contribution in [0.5, 0.6) is 0 Å². The van der Waals surface area contributed by atoms with Gasteiger partial charge in [-0.3, -0.25) is 9.88 Å². The lowest BCUT2D eigenvalue weighted by Crippen LogP contribution is -2.47. The van der Waals surface area contributed by atoms with E-state index in [0.29, 0.717) is 32.7 Å². The van der Waals surface area contributed by atoms with Crippen molar-refractivity contribution in [2.24, 2.45) is 5.41 Å². The molecule has 1 fully saturated rings. The van der Waals surface area contributed by atoms with E-state index >= 15 is 0 Å². The molecule has 2 heterocycles. The summed E-state index contributed by atoms with van der Waals surface area (Å²) in [5, 5.41) is 1.63. The lowest BCUT2D eigenvalue weighted by molar-refractivity contribution is -0.207. The van der Waals surface area contributed by atoms with Gasteiger partial charge in [-0.05, 0) is 32.4 Å². The molecule has 0 spiro atoms. The van der Waals surface area contributed by atoms with E-state index in [1.807, 2.05) is 0 Å². The van der Waals surface area contributed by atoms with Gasteiger partial charge in [0.15, 0.2) is 0 Å². The van der Waals surface area contributed by atoms with Gasteiger partial charge in [0.05, 0.1) is 5.41 Å². The first-order chi connectivity index (χ1) is 11.1. The molecule has 1 aromatic rings. The topological polar surface area (TPSA) is 45.7 Å². The fourth-order valence-electron chi connectivity index (χ4n) is 2.18. The van der Waals surface area contributed by atoms with Gasteiger partial charge in [-0.15, -0.1) is 5.06 Å². The van der Waals surface area contributed by atoms with Crippen molar-refractivity contribution in [2.75, 3.05) is 26.2 Å². The van der Waals surface area contributed by atoms with E-state index in [1.165, 1.54) is 12.3 Å². The van der Waals surface area contributed by atoms with Gasteiger partial charge in [-0.2, -0.15) is 13.2 Å². The molecular formula is C16H22F3N3O2. The molecule has 134 valence electrons. The molecule has 1 aliphatic rings. The zero-order valence-corrected chi connectivity index (χ0v) is 14.1. The maximum Gasteiger partial charge on any atom is 0.433 e. The lowest BCUT2D eigenvalue weighted by Gasteiger charge is -2.34. The van der Waals surface area contributed by atoms with E-state index < -0.39 is 17.3 Å². The van der Waals surface area contributed by atoms with E-state index in [4.69, 9.17) is 4.84 Å². The molecule has 0 amide bonds. The van der Waals surface area contributed by atoms with E-state index in [0.717, 1.165) is 11.6 Å². The van der Waals surface area contributed by atoms with Crippen molar-refractivity contribution >= 4 is 5.97 Å². The molecule has 0 N–H and O–H groups in total. The fraction of sp³-hybridized carbons (Fsp3) is 0.625. The van der Waals surface area contributed by atoms with Crippen molar-refractivity contribution in [1.82, 2.24) is 14.9 Å². The highest BCUT2D eigenvalue weighted by Gasteiger charge is 2.32. The number of pyridine rings is 1. The Balaban J connectivity index is 1.82. The quantitative estimate of drug-likeness (QED) is 0.843. The largest absolute Gasteiger partial charge is 0.433 e. The number of hydroxylamine groups is 2. The van der Waals surface area contributed by atoms with Crippen molar-refractivity contribution in [1.29, 1.82) is 0 Å². The van der Waals surface area contributed by atoms with E-state index in [1.54, 1.807) is 25.8 Å². The molecule has 0 atom stereocenters. The molecule has 0 unspecified atom stereocenters. The third-order valence-corrected chi connectivity index (χ3v) is 3.68. The van der Waals surface area contributed by atoms with Gasteiger partial charge >= 0.3 is 12.1 Å². The number of aromatic nitrogens is 1. The first kappa shape index (κ1) is 18.7. The summed E-state index contributed by atoms with van der Waals surface area (Å²) >= 11 is 0. The summed E-state index contributed by atoms with van der Waals surface area (Å²) in [4.78, 5) is 22.7. The Hall–Kier alpha value is -1.67. The highest BCUT2D eigenvalue weighted by Crippen LogP contribution is 2.27. The molecule has 0 aliphatic carbocycles. The standard InChI is InChI=1S/C16H22F3N3O2/c1-15(2,3)14(23)24-22-8-6-21(7-9-22)11-12-4-5-13(20-10-12)16(17,18)19/h4-5,10H,6-9,11H2,1-3H3. The van der Waals surface area contributed by atoms with Gasteiger partial charge in [0.2, 0.25) is 0 Å². The number of carbonyl (C=O) groups is 1. The number of nitrogens with zero attached hydrogens (tertiary/aromatic N) is 3. The molecule has 5 nitrogen and oxygen atoms in total. The average Bonchev–Trinajstić information content (AvgIpc) is 2.48. The van der Waals surface area contributed by atoms with Crippen molar-refractivity contribution in [3.8, 4) is 0 Å². The predicted molar refractivity (Wildman–Crippen MR) is 81.6 cm³/mol. The Morgan fingerprint density at radius 2 is 1.79 bits per heavy atom. The first-order valence-corrected chi connectivity index (χ1v) is 7.77. The number of alkyl halides is 3. The molecule has 24 heavy (non-hydrogen) atoms. The second kappa shape index (κ2) is 7.06. The van der Waals surface area contributed by atoms with Crippen LogP contribution >= 0.6 is 0 Å². The Morgan fingerprint density at radius 1 is 1.17 bits per heavy atom. The van der Waals surface area contributed by atoms with Gasteiger partial charge in [0, 0.05) is 38.9 Å². The van der Waals surface area contributed by atoms with Crippen LogP contribution in [-0.4, -0.2) is 47.1 Å². The molecule has 0 aromatic carbocycles. The summed E-state index contributed by atoms with van der Waals surface area (Å²) in [5.74, 6) is -0.275. The summed E-state index contributed by atoms with van der Waals surface area (Å²) < 4.78 is 37.5. The molecular weight excluding hydrogens is 323 g/mol. The van der Waals surface area contributed by atoms with Crippen LogP contribution in [0.4, 0.5) is 13.2 Å². The van der Waals surface area contributed by atoms with Crippen LogP contribution in [0.2, 0.25) is 0 Å². The normalized spacial score (nSPS) is 17.8. The van der Waals surface area contributed by atoms with E-state index in [2.05, 4.69) is 9.88 Å². The monoisotopic (exact) mass is 345 g/mol. The molecule has 1 aromatic heterocycles. The maximum absolute atomic E-state index is 12.5. The summed E-state index contributed by atoms with van der Waals surface area (Å²) in [6.07, 6.45) is -3.16. The molecule has 0 bridgehead atoms. The van der Waals surface area contributed by atoms with Gasteiger partial charge < -0.3 is 4.84 Å². The van der Waals surface area contributed by atoms with Crippen LogP contribution in [0.15, 0.2) is 18.3 Å². The van der Waals surface area contributed by atoms with E-state index in [9.17, 15) is 18.0 Å². The van der Waals surface area contributed by atoms with E-state index in [-0.39, 0.29) is 5.97 Å². The van der Waals surface area contributed by atoms with Gasteiger partial charge in [-0.1, -0.05) is 6.07 Å². The van der Waals surface area contributed by atoms with Crippen LogP contribution in [-0.2, 0) is 22.4 Å². The number of piperazine rings is 1. The number of carbonyl (C=O) groups excluding carboxylic acids is 1. The van der Waals surface area contributed by atoms with Gasteiger partial charge in [0.1, 0.15) is 5.69 Å².